The molecule has 7 heteroatoms. The molecule has 0 saturated heterocycles. The Balaban J connectivity index is 1.67. The molecule has 30 heavy (non-hydrogen) atoms. The number of hydrogen-bond donors (Lipinski definition) is 1. The molecular formula is C23H18N2O5. The highest BCUT2D eigenvalue weighted by Crippen LogP contribution is 2.28. The molecule has 0 fully saturated rings. The van der Waals surface area contributed by atoms with Gasteiger partial charge >= 0.3 is 11.9 Å². The molecule has 4 rings (SSSR count). The molecule has 0 atom stereocenters. The number of carbonyl (C=O) groups is 2. The number of rotatable bonds is 5. The number of oxazole rings is 1. The second-order valence-electron chi connectivity index (χ2n) is 6.46. The Hall–Kier alpha value is -4.13. The number of benzene rings is 3. The quantitative estimate of drug-likeness (QED) is 0.393. The molecule has 0 aliphatic carbocycles. The molecule has 7 nitrogen and oxygen atoms in total. The second-order valence-corrected chi connectivity index (χ2v) is 6.46. The van der Waals surface area contributed by atoms with Gasteiger partial charge in [-0.05, 0) is 41.1 Å². The van der Waals surface area contributed by atoms with Crippen LogP contribution in [0.15, 0.2) is 76.9 Å². The lowest BCUT2D eigenvalue weighted by atomic mass is 10.1. The first-order valence-corrected chi connectivity index (χ1v) is 9.12. The van der Waals surface area contributed by atoms with Gasteiger partial charge < -0.3 is 19.2 Å². The SMILES string of the molecule is COC(=O)/C=C(/Nc1ccc2oc(-c3ccc4ccccc4c3)nc2c1)C(=O)OC. The number of methoxy groups -OCH3 is 2. The van der Waals surface area contributed by atoms with E-state index in [0.717, 1.165) is 22.4 Å². The summed E-state index contributed by atoms with van der Waals surface area (Å²) in [6.45, 7) is 0. The maximum absolute atomic E-state index is 11.9. The van der Waals surface area contributed by atoms with Crippen molar-refractivity contribution in [3.63, 3.8) is 0 Å². The molecule has 0 bridgehead atoms. The van der Waals surface area contributed by atoms with Crippen LogP contribution in [0.1, 0.15) is 0 Å². The third-order valence-corrected chi connectivity index (χ3v) is 4.53. The van der Waals surface area contributed by atoms with Gasteiger partial charge in [0.1, 0.15) is 11.2 Å². The van der Waals surface area contributed by atoms with Crippen molar-refractivity contribution in [3.05, 3.63) is 72.4 Å². The summed E-state index contributed by atoms with van der Waals surface area (Å²) in [6.07, 6.45) is 1.03. The van der Waals surface area contributed by atoms with E-state index in [4.69, 9.17) is 9.15 Å². The molecule has 3 aromatic carbocycles. The first-order chi connectivity index (χ1) is 14.6. The molecule has 0 aliphatic heterocycles. The van der Waals surface area contributed by atoms with E-state index in [2.05, 4.69) is 15.0 Å². The average Bonchev–Trinajstić information content (AvgIpc) is 3.21. The third kappa shape index (κ3) is 3.86. The molecule has 1 N–H and O–H groups in total. The highest BCUT2D eigenvalue weighted by atomic mass is 16.5. The molecule has 150 valence electrons. The molecule has 1 heterocycles. The number of carbonyl (C=O) groups excluding carboxylic acids is 2. The van der Waals surface area contributed by atoms with Gasteiger partial charge in [-0.1, -0.05) is 30.3 Å². The molecule has 0 unspecified atom stereocenters. The van der Waals surface area contributed by atoms with E-state index in [-0.39, 0.29) is 5.70 Å². The number of nitrogens with zero attached hydrogens (tertiary/aromatic N) is 1. The lowest BCUT2D eigenvalue weighted by molar-refractivity contribution is -0.138. The van der Waals surface area contributed by atoms with Gasteiger partial charge in [-0.2, -0.15) is 0 Å². The summed E-state index contributed by atoms with van der Waals surface area (Å²) in [7, 11) is 2.45. The zero-order chi connectivity index (χ0) is 21.1. The highest BCUT2D eigenvalue weighted by molar-refractivity contribution is 5.99. The van der Waals surface area contributed by atoms with E-state index in [1.165, 1.54) is 14.2 Å². The second kappa shape index (κ2) is 8.08. The zero-order valence-electron chi connectivity index (χ0n) is 16.3. The van der Waals surface area contributed by atoms with Crippen molar-refractivity contribution >= 4 is 39.5 Å². The average molecular weight is 402 g/mol. The van der Waals surface area contributed by atoms with Gasteiger partial charge in [0.15, 0.2) is 5.58 Å². The normalized spacial score (nSPS) is 11.5. The van der Waals surface area contributed by atoms with Gasteiger partial charge in [0, 0.05) is 11.3 Å². The van der Waals surface area contributed by atoms with Crippen molar-refractivity contribution in [2.45, 2.75) is 0 Å². The van der Waals surface area contributed by atoms with Crippen molar-refractivity contribution in [3.8, 4) is 11.5 Å². The number of ether oxygens (including phenoxy) is 2. The van der Waals surface area contributed by atoms with Crippen LogP contribution in [-0.2, 0) is 19.1 Å². The summed E-state index contributed by atoms with van der Waals surface area (Å²) in [6, 6.07) is 19.2. The lowest BCUT2D eigenvalue weighted by Gasteiger charge is -2.08. The van der Waals surface area contributed by atoms with Crippen LogP contribution in [0.5, 0.6) is 0 Å². The van der Waals surface area contributed by atoms with Crippen LogP contribution in [0, 0.1) is 0 Å². The third-order valence-electron chi connectivity index (χ3n) is 4.53. The van der Waals surface area contributed by atoms with Crippen LogP contribution >= 0.6 is 0 Å². The van der Waals surface area contributed by atoms with Crippen LogP contribution in [-0.4, -0.2) is 31.1 Å². The Bertz CT molecular complexity index is 1290. The number of esters is 2. The van der Waals surface area contributed by atoms with Gasteiger partial charge in [-0.15, -0.1) is 0 Å². The predicted octanol–water partition coefficient (Wildman–Crippen LogP) is 4.29. The number of fused-ring (bicyclic) bond motifs is 2. The van der Waals surface area contributed by atoms with Crippen molar-refractivity contribution in [1.29, 1.82) is 0 Å². The number of hydrogen-bond acceptors (Lipinski definition) is 7. The smallest absolute Gasteiger partial charge is 0.354 e. The van der Waals surface area contributed by atoms with Gasteiger partial charge in [0.05, 0.1) is 20.3 Å². The van der Waals surface area contributed by atoms with Crippen LogP contribution in [0.4, 0.5) is 5.69 Å². The van der Waals surface area contributed by atoms with E-state index < -0.39 is 11.9 Å². The van der Waals surface area contributed by atoms with Crippen molar-refractivity contribution in [1.82, 2.24) is 4.98 Å². The molecule has 0 spiro atoms. The first-order valence-electron chi connectivity index (χ1n) is 9.12. The Morgan fingerprint density at radius 1 is 0.967 bits per heavy atom. The summed E-state index contributed by atoms with van der Waals surface area (Å²) >= 11 is 0. The number of nitrogens with one attached hydrogen (secondary N) is 1. The Kier molecular flexibility index (Phi) is 5.17. The van der Waals surface area contributed by atoms with Gasteiger partial charge in [0.2, 0.25) is 5.89 Å². The summed E-state index contributed by atoms with van der Waals surface area (Å²) in [5.74, 6) is -0.882. The van der Waals surface area contributed by atoms with Crippen LogP contribution in [0.2, 0.25) is 0 Å². The highest BCUT2D eigenvalue weighted by Gasteiger charge is 2.14. The Morgan fingerprint density at radius 2 is 1.77 bits per heavy atom. The van der Waals surface area contributed by atoms with Crippen molar-refractivity contribution < 1.29 is 23.5 Å². The molecule has 4 aromatic rings. The lowest BCUT2D eigenvalue weighted by Crippen LogP contribution is -2.15. The Labute approximate surface area is 171 Å². The van der Waals surface area contributed by atoms with Gasteiger partial charge in [-0.25, -0.2) is 14.6 Å². The van der Waals surface area contributed by atoms with E-state index >= 15 is 0 Å². The summed E-state index contributed by atoms with van der Waals surface area (Å²) in [4.78, 5) is 28.0. The maximum Gasteiger partial charge on any atom is 0.354 e. The fourth-order valence-corrected chi connectivity index (χ4v) is 3.04. The number of aromatic nitrogens is 1. The molecule has 1 aromatic heterocycles. The van der Waals surface area contributed by atoms with Gasteiger partial charge in [-0.3, -0.25) is 0 Å². The van der Waals surface area contributed by atoms with Crippen LogP contribution in [0.25, 0.3) is 33.3 Å². The maximum atomic E-state index is 11.9. The molecule has 0 radical (unpaired) electrons. The van der Waals surface area contributed by atoms with Crippen LogP contribution < -0.4 is 5.32 Å². The molecule has 0 amide bonds. The number of anilines is 1. The monoisotopic (exact) mass is 402 g/mol. The largest absolute Gasteiger partial charge is 0.466 e. The molecule has 0 saturated carbocycles. The van der Waals surface area contributed by atoms with Crippen LogP contribution in [0.3, 0.4) is 0 Å². The van der Waals surface area contributed by atoms with Gasteiger partial charge in [0.25, 0.3) is 0 Å². The predicted molar refractivity (Wildman–Crippen MR) is 113 cm³/mol. The molecule has 0 aliphatic rings. The Morgan fingerprint density at radius 3 is 2.53 bits per heavy atom. The minimum atomic E-state index is -0.697. The fraction of sp³-hybridized carbons (Fsp3) is 0.0870. The summed E-state index contributed by atoms with van der Waals surface area (Å²) in [5.41, 5.74) is 2.55. The summed E-state index contributed by atoms with van der Waals surface area (Å²) in [5, 5.41) is 5.09. The molecular weight excluding hydrogens is 384 g/mol. The van der Waals surface area contributed by atoms with E-state index in [1.807, 2.05) is 42.5 Å². The first kappa shape index (κ1) is 19.2. The van der Waals surface area contributed by atoms with Crippen molar-refractivity contribution in [2.75, 3.05) is 19.5 Å². The van der Waals surface area contributed by atoms with E-state index in [0.29, 0.717) is 22.7 Å². The minimum Gasteiger partial charge on any atom is -0.466 e. The standard InChI is InChI=1S/C23H18N2O5/c1-28-21(26)13-19(23(27)29-2)24-17-9-10-20-18(12-17)25-22(30-20)16-8-7-14-5-3-4-6-15(14)11-16/h3-13,24H,1-2H3/b19-13+. The topological polar surface area (TPSA) is 90.7 Å². The summed E-state index contributed by atoms with van der Waals surface area (Å²) < 4.78 is 15.2. The van der Waals surface area contributed by atoms with Crippen molar-refractivity contribution in [2.24, 2.45) is 0 Å². The fourth-order valence-electron chi connectivity index (χ4n) is 3.04. The van der Waals surface area contributed by atoms with E-state index in [1.54, 1.807) is 18.2 Å². The van der Waals surface area contributed by atoms with E-state index in [9.17, 15) is 9.59 Å². The zero-order valence-corrected chi connectivity index (χ0v) is 16.3. The minimum absolute atomic E-state index is 0.0538.